The smallest absolute Gasteiger partial charge is 0.0935 e. The first-order valence-corrected chi connectivity index (χ1v) is 9.05. The van der Waals surface area contributed by atoms with Crippen LogP contribution >= 0.6 is 11.6 Å². The van der Waals surface area contributed by atoms with E-state index in [4.69, 9.17) is 11.6 Å². The summed E-state index contributed by atoms with van der Waals surface area (Å²) in [6.45, 7) is 4.90. The minimum Gasteiger partial charge on any atom is -0.385 e. The van der Waals surface area contributed by atoms with Gasteiger partial charge in [-0.1, -0.05) is 73.1 Å². The van der Waals surface area contributed by atoms with Crippen LogP contribution < -0.4 is 0 Å². The Morgan fingerprint density at radius 3 is 2.32 bits per heavy atom. The molecule has 0 aliphatic rings. The van der Waals surface area contributed by atoms with Crippen LogP contribution in [0.3, 0.4) is 0 Å². The molecule has 2 nitrogen and oxygen atoms in total. The maximum Gasteiger partial charge on any atom is 0.0935 e. The van der Waals surface area contributed by atoms with Gasteiger partial charge in [-0.3, -0.25) is 0 Å². The lowest BCUT2D eigenvalue weighted by Crippen LogP contribution is -2.44. The van der Waals surface area contributed by atoms with E-state index in [0.29, 0.717) is 11.4 Å². The van der Waals surface area contributed by atoms with Crippen molar-refractivity contribution in [2.75, 3.05) is 20.6 Å². The van der Waals surface area contributed by atoms with Gasteiger partial charge in [0.05, 0.1) is 5.60 Å². The zero-order valence-electron chi connectivity index (χ0n) is 15.5. The van der Waals surface area contributed by atoms with Crippen LogP contribution in [-0.4, -0.2) is 36.2 Å². The molecule has 0 fully saturated rings. The molecule has 2 aromatic carbocycles. The van der Waals surface area contributed by atoms with Gasteiger partial charge in [0, 0.05) is 23.9 Å². The lowest BCUT2D eigenvalue weighted by atomic mass is 9.77. The molecule has 0 saturated carbocycles. The molecule has 2 rings (SSSR count). The first-order chi connectivity index (χ1) is 11.8. The van der Waals surface area contributed by atoms with Crippen molar-refractivity contribution < 1.29 is 5.11 Å². The van der Waals surface area contributed by atoms with Crippen molar-refractivity contribution >= 4 is 17.7 Å². The predicted octanol–water partition coefficient (Wildman–Crippen LogP) is 4.91. The SMILES string of the molecule is CC(=Cc1ccccc1)C(O)(Cc1ccccc1Cl)C(C)CN(C)C. The summed E-state index contributed by atoms with van der Waals surface area (Å²) in [7, 11) is 4.06. The lowest BCUT2D eigenvalue weighted by Gasteiger charge is -2.37. The second kappa shape index (κ2) is 8.66. The number of hydrogen-bond acceptors (Lipinski definition) is 2. The summed E-state index contributed by atoms with van der Waals surface area (Å²) in [4.78, 5) is 2.11. The van der Waals surface area contributed by atoms with E-state index >= 15 is 0 Å². The van der Waals surface area contributed by atoms with E-state index in [1.807, 2.05) is 63.5 Å². The van der Waals surface area contributed by atoms with Crippen molar-refractivity contribution in [2.45, 2.75) is 25.9 Å². The van der Waals surface area contributed by atoms with Gasteiger partial charge in [0.15, 0.2) is 0 Å². The van der Waals surface area contributed by atoms with E-state index in [-0.39, 0.29) is 5.92 Å². The number of benzene rings is 2. The third kappa shape index (κ3) is 5.18. The minimum atomic E-state index is -0.967. The van der Waals surface area contributed by atoms with Crippen molar-refractivity contribution in [1.29, 1.82) is 0 Å². The molecule has 0 bridgehead atoms. The Morgan fingerprint density at radius 1 is 1.12 bits per heavy atom. The number of nitrogens with zero attached hydrogens (tertiary/aromatic N) is 1. The quantitative estimate of drug-likeness (QED) is 0.760. The fourth-order valence-electron chi connectivity index (χ4n) is 3.26. The van der Waals surface area contributed by atoms with Crippen molar-refractivity contribution in [3.63, 3.8) is 0 Å². The molecule has 0 aliphatic heterocycles. The third-order valence-corrected chi connectivity index (χ3v) is 5.11. The highest BCUT2D eigenvalue weighted by Crippen LogP contribution is 2.33. The monoisotopic (exact) mass is 357 g/mol. The van der Waals surface area contributed by atoms with Crippen LogP contribution in [-0.2, 0) is 6.42 Å². The highest BCUT2D eigenvalue weighted by Gasteiger charge is 2.36. The van der Waals surface area contributed by atoms with E-state index in [9.17, 15) is 5.11 Å². The van der Waals surface area contributed by atoms with Crippen LogP contribution in [0.1, 0.15) is 25.0 Å². The molecule has 0 saturated heterocycles. The van der Waals surface area contributed by atoms with Crippen molar-refractivity contribution in [3.8, 4) is 0 Å². The Hall–Kier alpha value is -1.61. The average Bonchev–Trinajstić information content (AvgIpc) is 2.57. The van der Waals surface area contributed by atoms with Gasteiger partial charge in [-0.05, 0) is 43.8 Å². The molecule has 2 aromatic rings. The van der Waals surface area contributed by atoms with Gasteiger partial charge in [-0.2, -0.15) is 0 Å². The highest BCUT2D eigenvalue weighted by atomic mass is 35.5. The van der Waals surface area contributed by atoms with Gasteiger partial charge in [-0.15, -0.1) is 0 Å². The maximum atomic E-state index is 11.7. The van der Waals surface area contributed by atoms with Crippen molar-refractivity contribution in [2.24, 2.45) is 5.92 Å². The summed E-state index contributed by atoms with van der Waals surface area (Å²) in [6, 6.07) is 17.9. The summed E-state index contributed by atoms with van der Waals surface area (Å²) >= 11 is 6.36. The maximum absolute atomic E-state index is 11.7. The van der Waals surface area contributed by atoms with Crippen LogP contribution in [0.5, 0.6) is 0 Å². The van der Waals surface area contributed by atoms with E-state index in [1.54, 1.807) is 0 Å². The number of aliphatic hydroxyl groups is 1. The first kappa shape index (κ1) is 19.7. The summed E-state index contributed by atoms with van der Waals surface area (Å²) in [5.41, 5.74) is 2.05. The summed E-state index contributed by atoms with van der Waals surface area (Å²) < 4.78 is 0. The Kier molecular flexibility index (Phi) is 6.83. The molecule has 25 heavy (non-hydrogen) atoms. The zero-order chi connectivity index (χ0) is 18.4. The molecule has 134 valence electrons. The normalized spacial score (nSPS) is 15.9. The molecule has 0 aromatic heterocycles. The highest BCUT2D eigenvalue weighted by molar-refractivity contribution is 6.31. The molecule has 2 unspecified atom stereocenters. The summed E-state index contributed by atoms with van der Waals surface area (Å²) in [5, 5.41) is 12.4. The van der Waals surface area contributed by atoms with E-state index < -0.39 is 5.60 Å². The van der Waals surface area contributed by atoms with Crippen LogP contribution in [0.25, 0.3) is 6.08 Å². The molecule has 0 radical (unpaired) electrons. The predicted molar refractivity (Wildman–Crippen MR) is 108 cm³/mol. The molecule has 0 aliphatic carbocycles. The fourth-order valence-corrected chi connectivity index (χ4v) is 3.46. The molecule has 1 N–H and O–H groups in total. The second-order valence-electron chi connectivity index (χ2n) is 7.09. The van der Waals surface area contributed by atoms with Crippen LogP contribution in [0.2, 0.25) is 5.02 Å². The van der Waals surface area contributed by atoms with E-state index in [2.05, 4.69) is 30.0 Å². The lowest BCUT2D eigenvalue weighted by molar-refractivity contribution is 0.0150. The van der Waals surface area contributed by atoms with Gasteiger partial charge >= 0.3 is 0 Å². The number of hydrogen-bond donors (Lipinski definition) is 1. The Morgan fingerprint density at radius 2 is 1.72 bits per heavy atom. The van der Waals surface area contributed by atoms with Crippen LogP contribution in [0, 0.1) is 5.92 Å². The Labute approximate surface area is 156 Å². The molecular formula is C22H28ClNO. The molecular weight excluding hydrogens is 330 g/mol. The van der Waals surface area contributed by atoms with E-state index in [0.717, 1.165) is 23.2 Å². The standard InChI is InChI=1S/C22H28ClNO/c1-17(14-19-10-6-5-7-11-19)22(25,18(2)16-24(3)4)15-20-12-8-9-13-21(20)23/h5-14,18,25H,15-16H2,1-4H3. The minimum absolute atomic E-state index is 0.0544. The second-order valence-corrected chi connectivity index (χ2v) is 7.50. The zero-order valence-corrected chi connectivity index (χ0v) is 16.3. The van der Waals surface area contributed by atoms with E-state index in [1.165, 1.54) is 0 Å². The molecule has 3 heteroatoms. The van der Waals surface area contributed by atoms with Crippen molar-refractivity contribution in [3.05, 3.63) is 76.3 Å². The molecule has 0 spiro atoms. The third-order valence-electron chi connectivity index (χ3n) is 4.74. The topological polar surface area (TPSA) is 23.5 Å². The van der Waals surface area contributed by atoms with Gasteiger partial charge in [0.25, 0.3) is 0 Å². The summed E-state index contributed by atoms with van der Waals surface area (Å²) in [6.07, 6.45) is 2.57. The van der Waals surface area contributed by atoms with Gasteiger partial charge < -0.3 is 10.0 Å². The number of halogens is 1. The van der Waals surface area contributed by atoms with Gasteiger partial charge in [0.2, 0.25) is 0 Å². The fraction of sp³-hybridized carbons (Fsp3) is 0.364. The Bertz CT molecular complexity index is 711. The van der Waals surface area contributed by atoms with Crippen molar-refractivity contribution in [1.82, 2.24) is 4.90 Å². The molecule has 0 heterocycles. The van der Waals surface area contributed by atoms with Gasteiger partial charge in [0.1, 0.15) is 0 Å². The van der Waals surface area contributed by atoms with Crippen LogP contribution in [0.15, 0.2) is 60.2 Å². The number of rotatable bonds is 7. The first-order valence-electron chi connectivity index (χ1n) is 8.67. The largest absolute Gasteiger partial charge is 0.385 e. The Balaban J connectivity index is 2.41. The molecule has 0 amide bonds. The summed E-state index contributed by atoms with van der Waals surface area (Å²) in [5.74, 6) is 0.0544. The van der Waals surface area contributed by atoms with Crippen LogP contribution in [0.4, 0.5) is 0 Å². The van der Waals surface area contributed by atoms with Gasteiger partial charge in [-0.25, -0.2) is 0 Å². The molecule has 2 atom stereocenters. The average molecular weight is 358 g/mol.